The molecule has 2 N–H and O–H groups in total. The van der Waals surface area contributed by atoms with Crippen molar-refractivity contribution in [1.29, 1.82) is 0 Å². The number of rotatable bonds is 7. The fraction of sp³-hybridized carbons (Fsp3) is 0.357. The highest BCUT2D eigenvalue weighted by atomic mass is 32.2. The van der Waals surface area contributed by atoms with Crippen molar-refractivity contribution in [1.82, 2.24) is 9.71 Å². The third kappa shape index (κ3) is 4.26. The summed E-state index contributed by atoms with van der Waals surface area (Å²) in [6.45, 7) is 4.41. The molecule has 0 aliphatic rings. The number of thiophene rings is 1. The van der Waals surface area contributed by atoms with Gasteiger partial charge in [0.25, 0.3) is 10.0 Å². The van der Waals surface area contributed by atoms with Crippen LogP contribution in [0.25, 0.3) is 0 Å². The van der Waals surface area contributed by atoms with Crippen LogP contribution in [0.1, 0.15) is 18.7 Å². The van der Waals surface area contributed by atoms with E-state index in [1.54, 1.807) is 23.5 Å². The average Bonchev–Trinajstić information content (AvgIpc) is 2.91. The van der Waals surface area contributed by atoms with Gasteiger partial charge in [0.2, 0.25) is 0 Å². The number of anilines is 1. The predicted octanol–water partition coefficient (Wildman–Crippen LogP) is 2.48. The largest absolute Gasteiger partial charge is 0.383 e. The first kappa shape index (κ1) is 15.9. The van der Waals surface area contributed by atoms with Crippen LogP contribution in [0, 0.1) is 0 Å². The van der Waals surface area contributed by atoms with Crippen molar-refractivity contribution in [3.8, 4) is 0 Å². The van der Waals surface area contributed by atoms with Gasteiger partial charge in [0.1, 0.15) is 0 Å². The Balaban J connectivity index is 2.14. The lowest BCUT2D eigenvalue weighted by Crippen LogP contribution is -2.34. The molecular weight excluding hydrogens is 306 g/mol. The second-order valence-corrected chi connectivity index (χ2v) is 7.35. The number of pyridine rings is 1. The first-order valence-corrected chi connectivity index (χ1v) is 9.13. The van der Waals surface area contributed by atoms with Gasteiger partial charge in [-0.2, -0.15) is 0 Å². The van der Waals surface area contributed by atoms with E-state index in [2.05, 4.69) is 15.0 Å². The monoisotopic (exact) mass is 325 g/mol. The number of nitrogens with one attached hydrogen (secondary N) is 2. The maximum absolute atomic E-state index is 12.5. The van der Waals surface area contributed by atoms with Crippen LogP contribution in [0.4, 0.5) is 5.69 Å². The highest BCUT2D eigenvalue weighted by Gasteiger charge is 2.22. The quantitative estimate of drug-likeness (QED) is 0.820. The van der Waals surface area contributed by atoms with Gasteiger partial charge in [-0.15, -0.1) is 11.3 Å². The van der Waals surface area contributed by atoms with Gasteiger partial charge in [-0.05, 0) is 43.8 Å². The molecule has 0 fully saturated rings. The fourth-order valence-electron chi connectivity index (χ4n) is 2.02. The van der Waals surface area contributed by atoms with Crippen LogP contribution in [0.15, 0.2) is 40.9 Å². The summed E-state index contributed by atoms with van der Waals surface area (Å²) in [5, 5.41) is 5.05. The zero-order valence-electron chi connectivity index (χ0n) is 12.0. The van der Waals surface area contributed by atoms with Gasteiger partial charge >= 0.3 is 0 Å². The summed E-state index contributed by atoms with van der Waals surface area (Å²) < 4.78 is 27.6. The first-order valence-electron chi connectivity index (χ1n) is 6.76. The van der Waals surface area contributed by atoms with E-state index in [1.165, 1.54) is 6.20 Å². The molecule has 2 aromatic rings. The third-order valence-corrected chi connectivity index (χ3v) is 5.28. The Kier molecular flexibility index (Phi) is 5.33. The zero-order chi connectivity index (χ0) is 15.3. The summed E-state index contributed by atoms with van der Waals surface area (Å²) in [4.78, 5) is 5.16. The molecule has 5 nitrogen and oxygen atoms in total. The lowest BCUT2D eigenvalue weighted by Gasteiger charge is -2.15. The Morgan fingerprint density at radius 3 is 2.81 bits per heavy atom. The van der Waals surface area contributed by atoms with Gasteiger partial charge in [-0.1, -0.05) is 6.07 Å². The normalized spacial score (nSPS) is 13.0. The van der Waals surface area contributed by atoms with Crippen molar-refractivity contribution in [3.05, 3.63) is 40.7 Å². The SMILES string of the molecule is CCNc1cccnc1S(=O)(=O)NC(C)Cc1cccs1. The number of aromatic nitrogens is 1. The number of hydrogen-bond donors (Lipinski definition) is 2. The van der Waals surface area contributed by atoms with E-state index in [0.29, 0.717) is 18.7 Å². The van der Waals surface area contributed by atoms with Crippen molar-refractivity contribution >= 4 is 27.0 Å². The van der Waals surface area contributed by atoms with Crippen LogP contribution in [0.2, 0.25) is 0 Å². The molecule has 0 amide bonds. The van der Waals surface area contributed by atoms with Crippen LogP contribution in [-0.2, 0) is 16.4 Å². The minimum Gasteiger partial charge on any atom is -0.383 e. The standard InChI is InChI=1S/C14H19N3O2S2/c1-3-15-13-7-4-8-16-14(13)21(18,19)17-11(2)10-12-6-5-9-20-12/h4-9,11,15,17H,3,10H2,1-2H3. The lowest BCUT2D eigenvalue weighted by molar-refractivity contribution is 0.557. The van der Waals surface area contributed by atoms with E-state index in [0.717, 1.165) is 4.88 Å². The first-order chi connectivity index (χ1) is 10.0. The Bertz CT molecular complexity index is 669. The summed E-state index contributed by atoms with van der Waals surface area (Å²) in [6.07, 6.45) is 2.15. The van der Waals surface area contributed by atoms with Crippen molar-refractivity contribution in [2.45, 2.75) is 31.3 Å². The molecule has 2 aromatic heterocycles. The van der Waals surface area contributed by atoms with Crippen molar-refractivity contribution < 1.29 is 8.42 Å². The van der Waals surface area contributed by atoms with Gasteiger partial charge in [0, 0.05) is 23.7 Å². The number of sulfonamides is 1. The molecule has 0 spiro atoms. The minimum absolute atomic E-state index is 0.0462. The van der Waals surface area contributed by atoms with E-state index < -0.39 is 10.0 Å². The second kappa shape index (κ2) is 7.02. The van der Waals surface area contributed by atoms with Crippen LogP contribution in [0.3, 0.4) is 0 Å². The average molecular weight is 325 g/mol. The molecule has 7 heteroatoms. The van der Waals surface area contributed by atoms with E-state index in [-0.39, 0.29) is 11.1 Å². The molecule has 2 heterocycles. The molecular formula is C14H19N3O2S2. The zero-order valence-corrected chi connectivity index (χ0v) is 13.7. The molecule has 0 saturated heterocycles. The molecule has 1 unspecified atom stereocenters. The second-order valence-electron chi connectivity index (χ2n) is 4.69. The maximum Gasteiger partial charge on any atom is 0.260 e. The molecule has 0 radical (unpaired) electrons. The Morgan fingerprint density at radius 1 is 1.33 bits per heavy atom. The van der Waals surface area contributed by atoms with Crippen LogP contribution in [-0.4, -0.2) is 26.0 Å². The molecule has 0 aromatic carbocycles. The highest BCUT2D eigenvalue weighted by molar-refractivity contribution is 7.89. The van der Waals surface area contributed by atoms with Crippen LogP contribution >= 0.6 is 11.3 Å². The van der Waals surface area contributed by atoms with Gasteiger partial charge < -0.3 is 5.32 Å². The van der Waals surface area contributed by atoms with E-state index in [4.69, 9.17) is 0 Å². The van der Waals surface area contributed by atoms with E-state index in [9.17, 15) is 8.42 Å². The van der Waals surface area contributed by atoms with Gasteiger partial charge in [-0.3, -0.25) is 0 Å². The number of hydrogen-bond acceptors (Lipinski definition) is 5. The van der Waals surface area contributed by atoms with Crippen LogP contribution in [0.5, 0.6) is 0 Å². The van der Waals surface area contributed by atoms with Gasteiger partial charge in [0.15, 0.2) is 5.03 Å². The molecule has 0 aliphatic carbocycles. The smallest absolute Gasteiger partial charge is 0.260 e. The lowest BCUT2D eigenvalue weighted by atomic mass is 10.2. The Morgan fingerprint density at radius 2 is 2.14 bits per heavy atom. The third-order valence-electron chi connectivity index (χ3n) is 2.84. The highest BCUT2D eigenvalue weighted by Crippen LogP contribution is 2.19. The van der Waals surface area contributed by atoms with E-state index in [1.807, 2.05) is 31.4 Å². The maximum atomic E-state index is 12.5. The summed E-state index contributed by atoms with van der Waals surface area (Å²) in [7, 11) is -3.63. The molecule has 0 bridgehead atoms. The van der Waals surface area contributed by atoms with Crippen molar-refractivity contribution in [2.24, 2.45) is 0 Å². The summed E-state index contributed by atoms with van der Waals surface area (Å²) in [5.41, 5.74) is 0.524. The predicted molar refractivity (Wildman–Crippen MR) is 86.2 cm³/mol. The molecule has 2 rings (SSSR count). The van der Waals surface area contributed by atoms with Gasteiger partial charge in [0.05, 0.1) is 5.69 Å². The molecule has 1 atom stereocenters. The number of nitrogens with zero attached hydrogens (tertiary/aromatic N) is 1. The van der Waals surface area contributed by atoms with Crippen LogP contribution < -0.4 is 10.0 Å². The van der Waals surface area contributed by atoms with Gasteiger partial charge in [-0.25, -0.2) is 18.1 Å². The molecule has 0 saturated carbocycles. The Hall–Kier alpha value is -1.44. The summed E-state index contributed by atoms with van der Waals surface area (Å²) in [5.74, 6) is 0. The minimum atomic E-state index is -3.63. The molecule has 0 aliphatic heterocycles. The fourth-order valence-corrected chi connectivity index (χ4v) is 4.21. The van der Waals surface area contributed by atoms with E-state index >= 15 is 0 Å². The topological polar surface area (TPSA) is 71.1 Å². The molecule has 21 heavy (non-hydrogen) atoms. The summed E-state index contributed by atoms with van der Waals surface area (Å²) in [6, 6.07) is 7.20. The van der Waals surface area contributed by atoms with Crippen molar-refractivity contribution in [3.63, 3.8) is 0 Å². The Labute approximate surface area is 129 Å². The van der Waals surface area contributed by atoms with Crippen molar-refractivity contribution in [2.75, 3.05) is 11.9 Å². The summed E-state index contributed by atoms with van der Waals surface area (Å²) >= 11 is 1.62. The molecule has 114 valence electrons.